The third-order valence-corrected chi connectivity index (χ3v) is 3.46. The Bertz CT molecular complexity index is 495. The Hall–Kier alpha value is -1.31. The van der Waals surface area contributed by atoms with Crippen LogP contribution in [0.2, 0.25) is 0 Å². The van der Waals surface area contributed by atoms with Crippen molar-refractivity contribution in [1.82, 2.24) is 0 Å². The van der Waals surface area contributed by atoms with Crippen LogP contribution in [-0.2, 0) is 0 Å². The van der Waals surface area contributed by atoms with Crippen molar-refractivity contribution in [2.24, 2.45) is 5.73 Å². The highest BCUT2D eigenvalue weighted by Gasteiger charge is 2.28. The number of hydrogen-bond donors (Lipinski definition) is 1. The van der Waals surface area contributed by atoms with Crippen LogP contribution in [0, 0.1) is 0 Å². The van der Waals surface area contributed by atoms with Crippen LogP contribution >= 0.6 is 12.4 Å². The first-order valence-electron chi connectivity index (χ1n) is 5.75. The van der Waals surface area contributed by atoms with E-state index in [1.165, 1.54) is 16.7 Å². The summed E-state index contributed by atoms with van der Waals surface area (Å²) in [5, 5.41) is 0. The van der Waals surface area contributed by atoms with Gasteiger partial charge in [0.1, 0.15) is 0 Å². The minimum atomic E-state index is 0. The monoisotopic (exact) mass is 245 g/mol. The zero-order valence-electron chi connectivity index (χ0n) is 9.54. The van der Waals surface area contributed by atoms with Crippen molar-refractivity contribution in [3.05, 3.63) is 71.3 Å². The normalized spacial score (nSPS) is 21.7. The molecule has 0 bridgehead atoms. The lowest BCUT2D eigenvalue weighted by molar-refractivity contribution is 0.662. The molecule has 2 aromatic rings. The number of rotatable bonds is 1. The molecule has 0 unspecified atom stereocenters. The number of benzene rings is 2. The summed E-state index contributed by atoms with van der Waals surface area (Å²) in [5.41, 5.74) is 10.3. The second-order valence-electron chi connectivity index (χ2n) is 4.43. The maximum atomic E-state index is 6.17. The Kier molecular flexibility index (Phi) is 3.51. The van der Waals surface area contributed by atoms with Gasteiger partial charge >= 0.3 is 0 Å². The van der Waals surface area contributed by atoms with E-state index in [0.717, 1.165) is 6.42 Å². The predicted octanol–water partition coefficient (Wildman–Crippen LogP) is 3.64. The molecule has 2 aromatic carbocycles. The van der Waals surface area contributed by atoms with Gasteiger partial charge in [0.2, 0.25) is 0 Å². The summed E-state index contributed by atoms with van der Waals surface area (Å²) in [6.07, 6.45) is 1.03. The molecule has 1 nitrogen and oxygen atoms in total. The maximum Gasteiger partial charge on any atom is 0.0306 e. The summed E-state index contributed by atoms with van der Waals surface area (Å²) < 4.78 is 0. The molecule has 0 heterocycles. The van der Waals surface area contributed by atoms with E-state index in [9.17, 15) is 0 Å². The van der Waals surface area contributed by atoms with Crippen molar-refractivity contribution in [2.45, 2.75) is 18.4 Å². The molecule has 0 saturated carbocycles. The van der Waals surface area contributed by atoms with Crippen molar-refractivity contribution >= 4 is 12.4 Å². The molecule has 3 rings (SSSR count). The molecule has 0 aliphatic heterocycles. The first kappa shape index (κ1) is 12.2. The molecule has 2 atom stereocenters. The van der Waals surface area contributed by atoms with Crippen LogP contribution in [0.4, 0.5) is 0 Å². The molecule has 0 fully saturated rings. The highest BCUT2D eigenvalue weighted by Crippen LogP contribution is 2.42. The summed E-state index contributed by atoms with van der Waals surface area (Å²) >= 11 is 0. The quantitative estimate of drug-likeness (QED) is 0.816. The number of nitrogens with two attached hydrogens (primary N) is 1. The Morgan fingerprint density at radius 3 is 2.12 bits per heavy atom. The molecular weight excluding hydrogens is 230 g/mol. The van der Waals surface area contributed by atoms with Crippen molar-refractivity contribution < 1.29 is 0 Å². The van der Waals surface area contributed by atoms with Crippen LogP contribution in [0.15, 0.2) is 54.6 Å². The molecule has 0 radical (unpaired) electrons. The second kappa shape index (κ2) is 4.91. The largest absolute Gasteiger partial charge is 0.324 e. The average molecular weight is 246 g/mol. The topological polar surface area (TPSA) is 26.0 Å². The molecule has 0 aromatic heterocycles. The van der Waals surface area contributed by atoms with Crippen LogP contribution in [0.3, 0.4) is 0 Å². The fourth-order valence-corrected chi connectivity index (χ4v) is 2.67. The Morgan fingerprint density at radius 1 is 0.824 bits per heavy atom. The van der Waals surface area contributed by atoms with Gasteiger partial charge in [-0.05, 0) is 23.1 Å². The van der Waals surface area contributed by atoms with E-state index < -0.39 is 0 Å². The standard InChI is InChI=1S/C15H15N.ClH/c16-15-10-14(11-6-2-1-3-7-11)12-8-4-5-9-13(12)15;/h1-9,14-15H,10,16H2;1H/t14-,15-;/m0./s1. The third kappa shape index (κ3) is 2.08. The van der Waals surface area contributed by atoms with Crippen molar-refractivity contribution in [3.63, 3.8) is 0 Å². The molecule has 17 heavy (non-hydrogen) atoms. The zero-order chi connectivity index (χ0) is 11.0. The van der Waals surface area contributed by atoms with E-state index in [0.29, 0.717) is 5.92 Å². The van der Waals surface area contributed by atoms with Crippen LogP contribution in [-0.4, -0.2) is 0 Å². The van der Waals surface area contributed by atoms with Crippen LogP contribution in [0.5, 0.6) is 0 Å². The van der Waals surface area contributed by atoms with Gasteiger partial charge in [-0.3, -0.25) is 0 Å². The lowest BCUT2D eigenvalue weighted by Gasteiger charge is -2.11. The summed E-state index contributed by atoms with van der Waals surface area (Å²) in [6, 6.07) is 19.4. The van der Waals surface area contributed by atoms with Crippen molar-refractivity contribution in [2.75, 3.05) is 0 Å². The third-order valence-electron chi connectivity index (χ3n) is 3.46. The van der Waals surface area contributed by atoms with E-state index >= 15 is 0 Å². The molecule has 2 heteroatoms. The van der Waals surface area contributed by atoms with Gasteiger partial charge in [-0.15, -0.1) is 12.4 Å². The molecule has 1 aliphatic carbocycles. The van der Waals surface area contributed by atoms with E-state index in [2.05, 4.69) is 54.6 Å². The maximum absolute atomic E-state index is 6.17. The van der Waals surface area contributed by atoms with Crippen molar-refractivity contribution in [1.29, 1.82) is 0 Å². The fraction of sp³-hybridized carbons (Fsp3) is 0.200. The van der Waals surface area contributed by atoms with Crippen LogP contribution < -0.4 is 5.73 Å². The smallest absolute Gasteiger partial charge is 0.0306 e. The Morgan fingerprint density at radius 2 is 1.41 bits per heavy atom. The minimum Gasteiger partial charge on any atom is -0.324 e. The molecular formula is C15H16ClN. The summed E-state index contributed by atoms with van der Waals surface area (Å²) in [4.78, 5) is 0. The summed E-state index contributed by atoms with van der Waals surface area (Å²) in [6.45, 7) is 0. The predicted molar refractivity (Wildman–Crippen MR) is 73.5 cm³/mol. The van der Waals surface area contributed by atoms with Gasteiger partial charge < -0.3 is 5.73 Å². The van der Waals surface area contributed by atoms with Gasteiger partial charge in [0.25, 0.3) is 0 Å². The van der Waals surface area contributed by atoms with Gasteiger partial charge in [-0.1, -0.05) is 54.6 Å². The van der Waals surface area contributed by atoms with Gasteiger partial charge in [0.15, 0.2) is 0 Å². The molecule has 88 valence electrons. The van der Waals surface area contributed by atoms with Gasteiger partial charge in [-0.25, -0.2) is 0 Å². The van der Waals surface area contributed by atoms with Gasteiger partial charge in [-0.2, -0.15) is 0 Å². The fourth-order valence-electron chi connectivity index (χ4n) is 2.67. The second-order valence-corrected chi connectivity index (χ2v) is 4.43. The molecule has 0 amide bonds. The Labute approximate surface area is 108 Å². The van der Waals surface area contributed by atoms with Gasteiger partial charge in [0.05, 0.1) is 0 Å². The molecule has 1 aliphatic rings. The highest BCUT2D eigenvalue weighted by atomic mass is 35.5. The Balaban J connectivity index is 0.00000108. The molecule has 0 spiro atoms. The average Bonchev–Trinajstić information content (AvgIpc) is 2.69. The van der Waals surface area contributed by atoms with Crippen LogP contribution in [0.25, 0.3) is 0 Å². The van der Waals surface area contributed by atoms with Crippen LogP contribution in [0.1, 0.15) is 35.1 Å². The first-order valence-corrected chi connectivity index (χ1v) is 5.75. The van der Waals surface area contributed by atoms with E-state index in [1.807, 2.05) is 0 Å². The van der Waals surface area contributed by atoms with Crippen molar-refractivity contribution in [3.8, 4) is 0 Å². The molecule has 2 N–H and O–H groups in total. The molecule has 0 saturated heterocycles. The van der Waals surface area contributed by atoms with Gasteiger partial charge in [0, 0.05) is 12.0 Å². The number of fused-ring (bicyclic) bond motifs is 1. The summed E-state index contributed by atoms with van der Waals surface area (Å²) in [5.74, 6) is 0.479. The SMILES string of the molecule is Cl.N[C@H]1C[C@@H](c2ccccc2)c2ccccc21. The summed E-state index contributed by atoms with van der Waals surface area (Å²) in [7, 11) is 0. The van der Waals surface area contributed by atoms with E-state index in [-0.39, 0.29) is 18.4 Å². The first-order chi connectivity index (χ1) is 7.86. The number of hydrogen-bond acceptors (Lipinski definition) is 1. The van der Waals surface area contributed by atoms with E-state index in [4.69, 9.17) is 5.73 Å². The van der Waals surface area contributed by atoms with E-state index in [1.54, 1.807) is 0 Å². The lowest BCUT2D eigenvalue weighted by atomic mass is 9.93. The zero-order valence-corrected chi connectivity index (χ0v) is 10.4. The lowest BCUT2D eigenvalue weighted by Crippen LogP contribution is -2.05. The highest BCUT2D eigenvalue weighted by molar-refractivity contribution is 5.85. The number of halogens is 1. The minimum absolute atomic E-state index is 0.